The third-order valence-electron chi connectivity index (χ3n) is 1.91. The lowest BCUT2D eigenvalue weighted by molar-refractivity contribution is 0.297. The molecule has 1 aromatic carbocycles. The smallest absolute Gasteiger partial charge is 0.133 e. The van der Waals surface area contributed by atoms with E-state index in [0.29, 0.717) is 23.5 Å². The summed E-state index contributed by atoms with van der Waals surface area (Å²) in [6.07, 6.45) is 1.60. The van der Waals surface area contributed by atoms with Crippen molar-refractivity contribution in [3.63, 3.8) is 0 Å². The highest BCUT2D eigenvalue weighted by Gasteiger charge is 2.07. The van der Waals surface area contributed by atoms with E-state index in [2.05, 4.69) is 13.2 Å². The molecule has 0 atom stereocenters. The molecule has 0 bridgehead atoms. The highest BCUT2D eigenvalue weighted by Crippen LogP contribution is 2.28. The number of ether oxygens (including phenoxy) is 1. The molecule has 0 heterocycles. The van der Waals surface area contributed by atoms with Crippen molar-refractivity contribution in [3.05, 3.63) is 42.5 Å². The Hall–Kier alpha value is -1.70. The Bertz CT molecular complexity index is 353. The number of hydrogen-bond acceptors (Lipinski definition) is 2. The van der Waals surface area contributed by atoms with E-state index in [-0.39, 0.29) is 5.75 Å². The number of aromatic hydroxyl groups is 1. The van der Waals surface area contributed by atoms with Gasteiger partial charge in [0.15, 0.2) is 0 Å². The lowest BCUT2D eigenvalue weighted by atomic mass is 10.1. The number of benzene rings is 1. The fourth-order valence-electron chi connectivity index (χ4n) is 1.20. The van der Waals surface area contributed by atoms with Gasteiger partial charge < -0.3 is 9.84 Å². The van der Waals surface area contributed by atoms with Gasteiger partial charge in [0.2, 0.25) is 0 Å². The number of rotatable bonds is 4. The monoisotopic (exact) mass is 190 g/mol. The maximum Gasteiger partial charge on any atom is 0.133 e. The molecule has 1 N–H and O–H groups in total. The van der Waals surface area contributed by atoms with Crippen LogP contribution in [0.2, 0.25) is 0 Å². The molecule has 0 amide bonds. The van der Waals surface area contributed by atoms with Crippen LogP contribution in [0.1, 0.15) is 18.1 Å². The average Bonchev–Trinajstić information content (AvgIpc) is 2.18. The maximum atomic E-state index is 9.77. The van der Waals surface area contributed by atoms with Gasteiger partial charge in [-0.2, -0.15) is 0 Å². The van der Waals surface area contributed by atoms with Crippen molar-refractivity contribution in [1.29, 1.82) is 0 Å². The molecule has 0 aliphatic carbocycles. The number of phenols is 1. The Kier molecular flexibility index (Phi) is 3.35. The van der Waals surface area contributed by atoms with Crippen molar-refractivity contribution in [2.24, 2.45) is 0 Å². The van der Waals surface area contributed by atoms with Crippen molar-refractivity contribution in [3.8, 4) is 5.75 Å². The van der Waals surface area contributed by atoms with Gasteiger partial charge >= 0.3 is 0 Å². The minimum Gasteiger partial charge on any atom is -0.507 e. The summed E-state index contributed by atoms with van der Waals surface area (Å²) < 4.78 is 5.22. The zero-order valence-electron chi connectivity index (χ0n) is 8.29. The molecule has 1 rings (SSSR count). The van der Waals surface area contributed by atoms with Crippen molar-refractivity contribution < 1.29 is 9.84 Å². The average molecular weight is 190 g/mol. The SMILES string of the molecule is C=Cc1cccc(C(=C)OCC)c1O. The third kappa shape index (κ3) is 1.96. The highest BCUT2D eigenvalue weighted by atomic mass is 16.5. The molecule has 0 aliphatic rings. The molecule has 0 radical (unpaired) electrons. The van der Waals surface area contributed by atoms with Crippen molar-refractivity contribution in [1.82, 2.24) is 0 Å². The van der Waals surface area contributed by atoms with Crippen LogP contribution in [0.3, 0.4) is 0 Å². The largest absolute Gasteiger partial charge is 0.507 e. The second-order valence-electron chi connectivity index (χ2n) is 2.80. The summed E-state index contributed by atoms with van der Waals surface area (Å²) in [5.74, 6) is 0.648. The van der Waals surface area contributed by atoms with Gasteiger partial charge in [-0.1, -0.05) is 31.4 Å². The summed E-state index contributed by atoms with van der Waals surface area (Å²) in [4.78, 5) is 0. The first-order valence-corrected chi connectivity index (χ1v) is 4.47. The lowest BCUT2D eigenvalue weighted by Gasteiger charge is -2.10. The molecule has 0 spiro atoms. The van der Waals surface area contributed by atoms with Gasteiger partial charge in [0.25, 0.3) is 0 Å². The van der Waals surface area contributed by atoms with Gasteiger partial charge in [0.1, 0.15) is 11.5 Å². The van der Waals surface area contributed by atoms with Gasteiger partial charge in [0, 0.05) is 5.56 Å². The fraction of sp³-hybridized carbons (Fsp3) is 0.167. The summed E-state index contributed by atoms with van der Waals surface area (Å²) >= 11 is 0. The Labute approximate surface area is 84.1 Å². The van der Waals surface area contributed by atoms with Crippen LogP contribution in [0.5, 0.6) is 5.75 Å². The third-order valence-corrected chi connectivity index (χ3v) is 1.91. The van der Waals surface area contributed by atoms with Crippen LogP contribution in [-0.2, 0) is 4.74 Å². The summed E-state index contributed by atoms with van der Waals surface area (Å²) in [5.41, 5.74) is 1.30. The van der Waals surface area contributed by atoms with E-state index in [1.165, 1.54) is 0 Å². The zero-order valence-corrected chi connectivity index (χ0v) is 8.29. The predicted octanol–water partition coefficient (Wildman–Crippen LogP) is 3.04. The summed E-state index contributed by atoms with van der Waals surface area (Å²) in [6.45, 7) is 9.75. The molecule has 0 aliphatic heterocycles. The Balaban J connectivity index is 3.09. The van der Waals surface area contributed by atoms with E-state index in [0.717, 1.165) is 0 Å². The maximum absolute atomic E-state index is 9.77. The number of phenolic OH excluding ortho intramolecular Hbond substituents is 1. The predicted molar refractivity (Wildman–Crippen MR) is 58.9 cm³/mol. The number of hydrogen-bond donors (Lipinski definition) is 1. The van der Waals surface area contributed by atoms with Crippen molar-refractivity contribution in [2.75, 3.05) is 6.61 Å². The molecule has 74 valence electrons. The van der Waals surface area contributed by atoms with Gasteiger partial charge in [0.05, 0.1) is 12.2 Å². The zero-order chi connectivity index (χ0) is 10.6. The molecule has 2 nitrogen and oxygen atoms in total. The summed E-state index contributed by atoms with van der Waals surface area (Å²) in [7, 11) is 0. The molecule has 0 aromatic heterocycles. The van der Waals surface area contributed by atoms with Crippen LogP contribution in [-0.4, -0.2) is 11.7 Å². The molecular weight excluding hydrogens is 176 g/mol. The molecule has 14 heavy (non-hydrogen) atoms. The van der Waals surface area contributed by atoms with E-state index < -0.39 is 0 Å². The Morgan fingerprint density at radius 3 is 2.86 bits per heavy atom. The standard InChI is InChI=1S/C12H14O2/c1-4-10-7-6-8-11(12(10)13)9(3)14-5-2/h4,6-8,13H,1,3,5H2,2H3. The Morgan fingerprint density at radius 2 is 2.29 bits per heavy atom. The van der Waals surface area contributed by atoms with Crippen molar-refractivity contribution in [2.45, 2.75) is 6.92 Å². The Morgan fingerprint density at radius 1 is 1.57 bits per heavy atom. The topological polar surface area (TPSA) is 29.5 Å². The van der Waals surface area contributed by atoms with Crippen LogP contribution >= 0.6 is 0 Å². The summed E-state index contributed by atoms with van der Waals surface area (Å²) in [5, 5.41) is 9.77. The van der Waals surface area contributed by atoms with E-state index >= 15 is 0 Å². The first-order valence-electron chi connectivity index (χ1n) is 4.47. The van der Waals surface area contributed by atoms with Crippen LogP contribution in [0, 0.1) is 0 Å². The van der Waals surface area contributed by atoms with Crippen LogP contribution in [0.25, 0.3) is 11.8 Å². The highest BCUT2D eigenvalue weighted by molar-refractivity contribution is 5.70. The minimum absolute atomic E-state index is 0.168. The van der Waals surface area contributed by atoms with E-state index in [9.17, 15) is 5.11 Å². The van der Waals surface area contributed by atoms with E-state index in [4.69, 9.17) is 4.74 Å². The summed E-state index contributed by atoms with van der Waals surface area (Å²) in [6, 6.07) is 5.38. The van der Waals surface area contributed by atoms with Crippen LogP contribution < -0.4 is 0 Å². The fourth-order valence-corrected chi connectivity index (χ4v) is 1.20. The number of para-hydroxylation sites is 1. The molecule has 0 saturated heterocycles. The van der Waals surface area contributed by atoms with E-state index in [1.807, 2.05) is 13.0 Å². The molecule has 1 aromatic rings. The van der Waals surface area contributed by atoms with Gasteiger partial charge in [-0.05, 0) is 13.0 Å². The lowest BCUT2D eigenvalue weighted by Crippen LogP contribution is -1.91. The molecule has 0 fully saturated rings. The quantitative estimate of drug-likeness (QED) is 0.739. The van der Waals surface area contributed by atoms with Gasteiger partial charge in [-0.25, -0.2) is 0 Å². The second-order valence-corrected chi connectivity index (χ2v) is 2.80. The first-order chi connectivity index (χ1) is 6.70. The molecule has 2 heteroatoms. The van der Waals surface area contributed by atoms with Crippen molar-refractivity contribution >= 4 is 11.8 Å². The second kappa shape index (κ2) is 4.51. The van der Waals surface area contributed by atoms with Gasteiger partial charge in [-0.3, -0.25) is 0 Å². The van der Waals surface area contributed by atoms with Crippen LogP contribution in [0.15, 0.2) is 31.4 Å². The molecule has 0 saturated carbocycles. The molecule has 0 unspecified atom stereocenters. The van der Waals surface area contributed by atoms with Crippen LogP contribution in [0.4, 0.5) is 0 Å². The van der Waals surface area contributed by atoms with Gasteiger partial charge in [-0.15, -0.1) is 0 Å². The molecular formula is C12H14O2. The van der Waals surface area contributed by atoms with E-state index in [1.54, 1.807) is 18.2 Å². The minimum atomic E-state index is 0.168. The first kappa shape index (κ1) is 10.4. The normalized spacial score (nSPS) is 9.50.